The Balaban J connectivity index is 2.26. The van der Waals surface area contributed by atoms with E-state index in [-0.39, 0.29) is 5.41 Å². The molecule has 0 aliphatic carbocycles. The lowest BCUT2D eigenvalue weighted by Gasteiger charge is -2.22. The van der Waals surface area contributed by atoms with E-state index in [2.05, 4.69) is 35.6 Å². The van der Waals surface area contributed by atoms with Crippen LogP contribution in [0.1, 0.15) is 33.0 Å². The van der Waals surface area contributed by atoms with Crippen LogP contribution < -0.4 is 10.6 Å². The molecule has 0 amide bonds. The molecule has 0 saturated carbocycles. The zero-order valence-electron chi connectivity index (χ0n) is 11.6. The quantitative estimate of drug-likeness (QED) is 0.863. The lowest BCUT2D eigenvalue weighted by atomic mass is 9.96. The van der Waals surface area contributed by atoms with Crippen molar-refractivity contribution in [2.45, 2.75) is 38.7 Å². The summed E-state index contributed by atoms with van der Waals surface area (Å²) in [4.78, 5) is 11.2. The molecule has 100 valence electrons. The number of anilines is 2. The maximum Gasteiger partial charge on any atom is 0.138 e. The highest BCUT2D eigenvalue weighted by Crippen LogP contribution is 2.25. The fraction of sp³-hybridized carbons (Fsp3) is 0.692. The number of aromatic nitrogens is 2. The van der Waals surface area contributed by atoms with Gasteiger partial charge in [-0.1, -0.05) is 20.8 Å². The molecule has 1 unspecified atom stereocenters. The first-order valence-electron chi connectivity index (χ1n) is 6.33. The van der Waals surface area contributed by atoms with E-state index in [4.69, 9.17) is 10.5 Å². The molecule has 1 atom stereocenters. The second kappa shape index (κ2) is 4.72. The lowest BCUT2D eigenvalue weighted by Crippen LogP contribution is -2.25. The summed E-state index contributed by atoms with van der Waals surface area (Å²) >= 11 is 0. The van der Waals surface area contributed by atoms with Gasteiger partial charge in [-0.05, 0) is 6.42 Å². The first kappa shape index (κ1) is 13.1. The molecule has 2 heterocycles. The van der Waals surface area contributed by atoms with Crippen molar-refractivity contribution in [1.29, 1.82) is 0 Å². The van der Waals surface area contributed by atoms with Crippen molar-refractivity contribution in [3.63, 3.8) is 0 Å². The Morgan fingerprint density at radius 1 is 1.39 bits per heavy atom. The molecule has 1 saturated heterocycles. The van der Waals surface area contributed by atoms with E-state index in [0.29, 0.717) is 11.9 Å². The average Bonchev–Trinajstić information content (AvgIpc) is 2.75. The summed E-state index contributed by atoms with van der Waals surface area (Å²) in [6.45, 7) is 8.10. The molecular weight excluding hydrogens is 228 g/mol. The molecule has 1 aliphatic rings. The van der Waals surface area contributed by atoms with Gasteiger partial charge in [0.2, 0.25) is 0 Å². The maximum atomic E-state index is 5.88. The van der Waals surface area contributed by atoms with E-state index >= 15 is 0 Å². The van der Waals surface area contributed by atoms with Crippen molar-refractivity contribution in [3.05, 3.63) is 11.9 Å². The molecule has 5 heteroatoms. The van der Waals surface area contributed by atoms with Gasteiger partial charge in [-0.15, -0.1) is 0 Å². The number of nitrogens with zero attached hydrogens (tertiary/aromatic N) is 3. The van der Waals surface area contributed by atoms with Crippen LogP contribution >= 0.6 is 0 Å². The molecule has 0 spiro atoms. The van der Waals surface area contributed by atoms with Crippen molar-refractivity contribution >= 4 is 11.6 Å². The van der Waals surface area contributed by atoms with Crippen molar-refractivity contribution in [1.82, 2.24) is 9.97 Å². The number of hydrogen-bond acceptors (Lipinski definition) is 5. The molecular formula is C13H22N4O. The first-order chi connectivity index (χ1) is 8.40. The van der Waals surface area contributed by atoms with Gasteiger partial charge < -0.3 is 15.4 Å². The second-order valence-electron chi connectivity index (χ2n) is 5.82. The minimum atomic E-state index is -0.0927. The van der Waals surface area contributed by atoms with Gasteiger partial charge in [0.05, 0.1) is 6.10 Å². The number of nitrogens with two attached hydrogens (primary N) is 1. The molecule has 1 aliphatic heterocycles. The monoisotopic (exact) mass is 250 g/mol. The summed E-state index contributed by atoms with van der Waals surface area (Å²) < 4.78 is 5.37. The summed E-state index contributed by atoms with van der Waals surface area (Å²) in [6, 6.07) is 1.84. The van der Waals surface area contributed by atoms with Crippen LogP contribution in [-0.4, -0.2) is 36.3 Å². The van der Waals surface area contributed by atoms with Crippen LogP contribution in [0.5, 0.6) is 0 Å². The SMILES string of the molecule is COC1CCN(c2cc(N)nc(C(C)(C)C)n2)C1. The fourth-order valence-electron chi connectivity index (χ4n) is 2.08. The van der Waals surface area contributed by atoms with Crippen LogP contribution in [0.3, 0.4) is 0 Å². The number of hydrogen-bond donors (Lipinski definition) is 1. The summed E-state index contributed by atoms with van der Waals surface area (Å²) in [5.41, 5.74) is 5.79. The van der Waals surface area contributed by atoms with Crippen LogP contribution in [0, 0.1) is 0 Å². The highest BCUT2D eigenvalue weighted by atomic mass is 16.5. The highest BCUT2D eigenvalue weighted by Gasteiger charge is 2.25. The van der Waals surface area contributed by atoms with Gasteiger partial charge in [-0.3, -0.25) is 0 Å². The largest absolute Gasteiger partial charge is 0.384 e. The van der Waals surface area contributed by atoms with Crippen LogP contribution in [0.2, 0.25) is 0 Å². The molecule has 1 aromatic heterocycles. The van der Waals surface area contributed by atoms with E-state index in [9.17, 15) is 0 Å². The van der Waals surface area contributed by atoms with Crippen molar-refractivity contribution < 1.29 is 4.74 Å². The third kappa shape index (κ3) is 2.72. The molecule has 0 bridgehead atoms. The third-order valence-corrected chi connectivity index (χ3v) is 3.21. The van der Waals surface area contributed by atoms with Crippen LogP contribution in [-0.2, 0) is 10.2 Å². The van der Waals surface area contributed by atoms with E-state index in [1.54, 1.807) is 7.11 Å². The molecule has 1 fully saturated rings. The van der Waals surface area contributed by atoms with E-state index in [0.717, 1.165) is 31.2 Å². The summed E-state index contributed by atoms with van der Waals surface area (Å²) in [5, 5.41) is 0. The topological polar surface area (TPSA) is 64.3 Å². The molecule has 0 aromatic carbocycles. The van der Waals surface area contributed by atoms with Gasteiger partial charge in [0.25, 0.3) is 0 Å². The molecule has 0 radical (unpaired) electrons. The van der Waals surface area contributed by atoms with Crippen LogP contribution in [0.15, 0.2) is 6.07 Å². The molecule has 1 aromatic rings. The van der Waals surface area contributed by atoms with Gasteiger partial charge in [-0.2, -0.15) is 0 Å². The molecule has 2 N–H and O–H groups in total. The Morgan fingerprint density at radius 2 is 2.11 bits per heavy atom. The van der Waals surface area contributed by atoms with E-state index in [1.165, 1.54) is 0 Å². The normalized spacial score (nSPS) is 20.4. The number of nitrogen functional groups attached to an aromatic ring is 1. The average molecular weight is 250 g/mol. The lowest BCUT2D eigenvalue weighted by molar-refractivity contribution is 0.121. The zero-order valence-corrected chi connectivity index (χ0v) is 11.6. The van der Waals surface area contributed by atoms with Gasteiger partial charge in [-0.25, -0.2) is 9.97 Å². The molecule has 18 heavy (non-hydrogen) atoms. The maximum absolute atomic E-state index is 5.88. The first-order valence-corrected chi connectivity index (χ1v) is 6.33. The van der Waals surface area contributed by atoms with Crippen LogP contribution in [0.4, 0.5) is 11.6 Å². The van der Waals surface area contributed by atoms with Crippen molar-refractivity contribution in [2.24, 2.45) is 0 Å². The predicted octanol–water partition coefficient (Wildman–Crippen LogP) is 1.58. The Hall–Kier alpha value is -1.36. The Bertz CT molecular complexity index is 427. The Morgan fingerprint density at radius 3 is 2.67 bits per heavy atom. The summed E-state index contributed by atoms with van der Waals surface area (Å²) in [7, 11) is 1.75. The second-order valence-corrected chi connectivity index (χ2v) is 5.82. The van der Waals surface area contributed by atoms with Crippen molar-refractivity contribution in [3.8, 4) is 0 Å². The van der Waals surface area contributed by atoms with Gasteiger partial charge >= 0.3 is 0 Å². The summed E-state index contributed by atoms with van der Waals surface area (Å²) in [6.07, 6.45) is 1.32. The fourth-order valence-corrected chi connectivity index (χ4v) is 2.08. The van der Waals surface area contributed by atoms with Gasteiger partial charge in [0, 0.05) is 31.7 Å². The highest BCUT2D eigenvalue weighted by molar-refractivity contribution is 5.48. The zero-order chi connectivity index (χ0) is 13.3. The smallest absolute Gasteiger partial charge is 0.138 e. The standard InChI is InChI=1S/C13H22N4O/c1-13(2,3)12-15-10(14)7-11(16-12)17-6-5-9(8-17)18-4/h7,9H,5-6,8H2,1-4H3,(H2,14,15,16). The van der Waals surface area contributed by atoms with Crippen molar-refractivity contribution in [2.75, 3.05) is 30.8 Å². The predicted molar refractivity (Wildman–Crippen MR) is 72.8 cm³/mol. The number of methoxy groups -OCH3 is 1. The Kier molecular flexibility index (Phi) is 3.43. The van der Waals surface area contributed by atoms with Gasteiger partial charge in [0.15, 0.2) is 0 Å². The van der Waals surface area contributed by atoms with E-state index < -0.39 is 0 Å². The minimum Gasteiger partial charge on any atom is -0.384 e. The molecule has 5 nitrogen and oxygen atoms in total. The van der Waals surface area contributed by atoms with Gasteiger partial charge in [0.1, 0.15) is 17.5 Å². The third-order valence-electron chi connectivity index (χ3n) is 3.21. The van der Waals surface area contributed by atoms with E-state index in [1.807, 2.05) is 6.07 Å². The molecule has 2 rings (SSSR count). The number of ether oxygens (including phenoxy) is 1. The number of rotatable bonds is 2. The minimum absolute atomic E-state index is 0.0927. The summed E-state index contributed by atoms with van der Waals surface area (Å²) in [5.74, 6) is 2.23. The Labute approximate surface area is 108 Å². The van der Waals surface area contributed by atoms with Crippen LogP contribution in [0.25, 0.3) is 0 Å².